The van der Waals surface area contributed by atoms with E-state index >= 15 is 0 Å². The highest BCUT2D eigenvalue weighted by Gasteiger charge is 2.27. The topological polar surface area (TPSA) is 71.3 Å². The molecule has 1 aromatic rings. The molecule has 0 atom stereocenters. The summed E-state index contributed by atoms with van der Waals surface area (Å²) in [5, 5.41) is 14.1. The molecule has 0 amide bonds. The highest BCUT2D eigenvalue weighted by Crippen LogP contribution is 2.33. The molecule has 0 unspecified atom stereocenters. The maximum absolute atomic E-state index is 11.0. The van der Waals surface area contributed by atoms with Crippen LogP contribution in [0.3, 0.4) is 0 Å². The normalized spacial score (nSPS) is 14.3. The van der Waals surface area contributed by atoms with Crippen molar-refractivity contribution in [3.8, 4) is 0 Å². The van der Waals surface area contributed by atoms with Crippen molar-refractivity contribution >= 4 is 17.3 Å². The van der Waals surface area contributed by atoms with Crippen molar-refractivity contribution < 1.29 is 4.92 Å². The van der Waals surface area contributed by atoms with Crippen LogP contribution in [0.1, 0.15) is 19.8 Å². The van der Waals surface area contributed by atoms with E-state index in [4.69, 9.17) is 0 Å². The summed E-state index contributed by atoms with van der Waals surface area (Å²) in [6, 6.07) is 3.17. The van der Waals surface area contributed by atoms with E-state index in [-0.39, 0.29) is 10.6 Å². The van der Waals surface area contributed by atoms with Gasteiger partial charge in [0, 0.05) is 26.2 Å². The first kappa shape index (κ1) is 12.6. The Morgan fingerprint density at radius 3 is 2.83 bits per heavy atom. The van der Waals surface area contributed by atoms with Crippen LogP contribution in [-0.2, 0) is 0 Å². The molecule has 1 aromatic heterocycles. The lowest BCUT2D eigenvalue weighted by molar-refractivity contribution is -0.384. The van der Waals surface area contributed by atoms with Crippen LogP contribution in [0.25, 0.3) is 0 Å². The lowest BCUT2D eigenvalue weighted by atomic mass is 10.3. The average Bonchev–Trinajstić information content (AvgIpc) is 3.13. The van der Waals surface area contributed by atoms with E-state index < -0.39 is 0 Å². The van der Waals surface area contributed by atoms with Gasteiger partial charge in [0.15, 0.2) is 0 Å². The van der Waals surface area contributed by atoms with Gasteiger partial charge >= 0.3 is 5.69 Å². The summed E-state index contributed by atoms with van der Waals surface area (Å²) in [5.74, 6) is 1.80. The van der Waals surface area contributed by atoms with Crippen LogP contribution < -0.4 is 10.2 Å². The molecule has 18 heavy (non-hydrogen) atoms. The highest BCUT2D eigenvalue weighted by atomic mass is 16.6. The van der Waals surface area contributed by atoms with Crippen LogP contribution in [0.4, 0.5) is 17.3 Å². The predicted octanol–water partition coefficient (Wildman–Crippen LogP) is 2.27. The fourth-order valence-electron chi connectivity index (χ4n) is 1.92. The average molecular weight is 250 g/mol. The van der Waals surface area contributed by atoms with E-state index in [9.17, 15) is 10.1 Å². The number of aromatic nitrogens is 1. The zero-order chi connectivity index (χ0) is 13.1. The summed E-state index contributed by atoms with van der Waals surface area (Å²) in [4.78, 5) is 16.9. The summed E-state index contributed by atoms with van der Waals surface area (Å²) in [6.45, 7) is 3.55. The molecule has 0 saturated heterocycles. The van der Waals surface area contributed by atoms with Crippen molar-refractivity contribution in [2.75, 3.05) is 30.4 Å². The van der Waals surface area contributed by atoms with Crippen LogP contribution in [0, 0.1) is 16.0 Å². The molecule has 0 radical (unpaired) electrons. The monoisotopic (exact) mass is 250 g/mol. The van der Waals surface area contributed by atoms with E-state index in [2.05, 4.69) is 10.3 Å². The molecule has 1 saturated carbocycles. The predicted molar refractivity (Wildman–Crippen MR) is 71.0 cm³/mol. The molecular weight excluding hydrogens is 232 g/mol. The molecule has 1 N–H and O–H groups in total. The van der Waals surface area contributed by atoms with Gasteiger partial charge in [0.2, 0.25) is 5.82 Å². The zero-order valence-electron chi connectivity index (χ0n) is 10.7. The number of pyridine rings is 1. The van der Waals surface area contributed by atoms with Crippen LogP contribution >= 0.6 is 0 Å². The first-order valence-electron chi connectivity index (χ1n) is 6.22. The molecule has 98 valence electrons. The third-order valence-electron chi connectivity index (χ3n) is 3.00. The standard InChI is InChI=1S/C12H18N4O2/c1-3-13-11-7-6-10(16(17)18)12(14-11)15(2)8-9-4-5-9/h6-7,9H,3-5,8H2,1-2H3,(H,13,14). The third kappa shape index (κ3) is 2.88. The molecular formula is C12H18N4O2. The molecule has 0 spiro atoms. The van der Waals surface area contributed by atoms with E-state index in [1.165, 1.54) is 18.9 Å². The second-order valence-electron chi connectivity index (χ2n) is 4.65. The number of anilines is 2. The maximum Gasteiger partial charge on any atom is 0.311 e. The highest BCUT2D eigenvalue weighted by molar-refractivity contribution is 5.61. The number of rotatable bonds is 6. The van der Waals surface area contributed by atoms with Crippen molar-refractivity contribution in [1.82, 2.24) is 4.98 Å². The van der Waals surface area contributed by atoms with Crippen LogP contribution in [0.5, 0.6) is 0 Å². The Morgan fingerprint density at radius 2 is 2.28 bits per heavy atom. The van der Waals surface area contributed by atoms with Gasteiger partial charge in [-0.1, -0.05) is 0 Å². The number of nitrogens with zero attached hydrogens (tertiary/aromatic N) is 3. The second kappa shape index (κ2) is 5.20. The quantitative estimate of drug-likeness (QED) is 0.619. The van der Waals surface area contributed by atoms with Gasteiger partial charge in [-0.3, -0.25) is 10.1 Å². The molecule has 0 aromatic carbocycles. The Bertz CT molecular complexity index is 446. The van der Waals surface area contributed by atoms with Gasteiger partial charge in [-0.15, -0.1) is 0 Å². The summed E-state index contributed by atoms with van der Waals surface area (Å²) in [5.41, 5.74) is 0.0693. The third-order valence-corrected chi connectivity index (χ3v) is 3.00. The van der Waals surface area contributed by atoms with Gasteiger partial charge in [-0.25, -0.2) is 4.98 Å². The lowest BCUT2D eigenvalue weighted by Crippen LogP contribution is -2.22. The fraction of sp³-hybridized carbons (Fsp3) is 0.583. The molecule has 1 fully saturated rings. The fourth-order valence-corrected chi connectivity index (χ4v) is 1.92. The van der Waals surface area contributed by atoms with Crippen LogP contribution in [0.2, 0.25) is 0 Å². The Hall–Kier alpha value is -1.85. The minimum absolute atomic E-state index is 0.0693. The SMILES string of the molecule is CCNc1ccc([N+](=O)[O-])c(N(C)CC2CC2)n1. The summed E-state index contributed by atoms with van der Waals surface area (Å²) in [6.07, 6.45) is 2.43. The van der Waals surface area contributed by atoms with Gasteiger partial charge in [-0.2, -0.15) is 0 Å². The van der Waals surface area contributed by atoms with Crippen LogP contribution in [0.15, 0.2) is 12.1 Å². The van der Waals surface area contributed by atoms with Crippen LogP contribution in [-0.4, -0.2) is 30.0 Å². The largest absolute Gasteiger partial charge is 0.370 e. The van der Waals surface area contributed by atoms with Crippen molar-refractivity contribution in [3.63, 3.8) is 0 Å². The molecule has 2 rings (SSSR count). The zero-order valence-corrected chi connectivity index (χ0v) is 10.7. The minimum Gasteiger partial charge on any atom is -0.370 e. The minimum atomic E-state index is -0.374. The molecule has 1 heterocycles. The van der Waals surface area contributed by atoms with Crippen molar-refractivity contribution in [2.45, 2.75) is 19.8 Å². The van der Waals surface area contributed by atoms with Gasteiger partial charge < -0.3 is 10.2 Å². The Balaban J connectivity index is 2.26. The summed E-state index contributed by atoms with van der Waals surface area (Å²) < 4.78 is 0. The summed E-state index contributed by atoms with van der Waals surface area (Å²) in [7, 11) is 1.86. The molecule has 1 aliphatic rings. The lowest BCUT2D eigenvalue weighted by Gasteiger charge is -2.18. The first-order valence-corrected chi connectivity index (χ1v) is 6.22. The number of hydrogen-bond donors (Lipinski definition) is 1. The molecule has 0 aliphatic heterocycles. The number of hydrogen-bond acceptors (Lipinski definition) is 5. The number of nitro groups is 1. The molecule has 0 bridgehead atoms. The van der Waals surface area contributed by atoms with Gasteiger partial charge in [0.1, 0.15) is 5.82 Å². The van der Waals surface area contributed by atoms with Gasteiger partial charge in [0.05, 0.1) is 4.92 Å². The Labute approximate surface area is 106 Å². The molecule has 1 aliphatic carbocycles. The number of nitrogens with one attached hydrogen (secondary N) is 1. The van der Waals surface area contributed by atoms with E-state index in [1.807, 2.05) is 18.9 Å². The van der Waals surface area contributed by atoms with E-state index in [0.717, 1.165) is 13.1 Å². The molecule has 6 heteroatoms. The van der Waals surface area contributed by atoms with Crippen molar-refractivity contribution in [3.05, 3.63) is 22.2 Å². The van der Waals surface area contributed by atoms with Crippen molar-refractivity contribution in [2.24, 2.45) is 5.92 Å². The molecule has 6 nitrogen and oxygen atoms in total. The summed E-state index contributed by atoms with van der Waals surface area (Å²) >= 11 is 0. The van der Waals surface area contributed by atoms with Gasteiger partial charge in [-0.05, 0) is 31.7 Å². The Kier molecular flexibility index (Phi) is 3.64. The first-order chi connectivity index (χ1) is 8.61. The van der Waals surface area contributed by atoms with E-state index in [0.29, 0.717) is 17.6 Å². The van der Waals surface area contributed by atoms with Crippen molar-refractivity contribution in [1.29, 1.82) is 0 Å². The van der Waals surface area contributed by atoms with E-state index in [1.54, 1.807) is 6.07 Å². The van der Waals surface area contributed by atoms with Gasteiger partial charge in [0.25, 0.3) is 0 Å². The Morgan fingerprint density at radius 1 is 1.56 bits per heavy atom. The maximum atomic E-state index is 11.0. The smallest absolute Gasteiger partial charge is 0.311 e. The second-order valence-corrected chi connectivity index (χ2v) is 4.65.